The highest BCUT2D eigenvalue weighted by atomic mass is 32.1. The van der Waals surface area contributed by atoms with Crippen molar-refractivity contribution in [3.63, 3.8) is 0 Å². The molecule has 2 N–H and O–H groups in total. The van der Waals surface area contributed by atoms with Crippen LogP contribution in [0.2, 0.25) is 0 Å². The second-order valence-electron chi connectivity index (χ2n) is 3.01. The smallest absolute Gasteiger partial charge is 0.130 e. The minimum absolute atomic E-state index is 0.203. The lowest BCUT2D eigenvalue weighted by molar-refractivity contribution is 0.195. The molecule has 1 atom stereocenters. The molecule has 0 radical (unpaired) electrons. The molecule has 3 heteroatoms. The highest BCUT2D eigenvalue weighted by Crippen LogP contribution is 2.34. The van der Waals surface area contributed by atoms with Gasteiger partial charge in [0, 0.05) is 15.6 Å². The standard InChI is InChI=1S/C10H10O2S/c1-6(11)7-2-3-9-8(10(7)12)4-5-13-9/h2-6,11-12H,1H3. The molecule has 0 bridgehead atoms. The van der Waals surface area contributed by atoms with Crippen LogP contribution in [0, 0.1) is 0 Å². The van der Waals surface area contributed by atoms with Crippen LogP contribution in [0.4, 0.5) is 0 Å². The zero-order valence-electron chi connectivity index (χ0n) is 7.19. The first kappa shape index (κ1) is 8.53. The predicted molar refractivity (Wildman–Crippen MR) is 54.1 cm³/mol. The Morgan fingerprint density at radius 1 is 1.31 bits per heavy atom. The van der Waals surface area contributed by atoms with Crippen LogP contribution in [0.1, 0.15) is 18.6 Å². The number of thiophene rings is 1. The van der Waals surface area contributed by atoms with Crippen molar-refractivity contribution in [2.24, 2.45) is 0 Å². The molecule has 0 spiro atoms. The summed E-state index contributed by atoms with van der Waals surface area (Å²) in [4.78, 5) is 0. The van der Waals surface area contributed by atoms with Crippen molar-refractivity contribution in [3.8, 4) is 5.75 Å². The van der Waals surface area contributed by atoms with Crippen molar-refractivity contribution < 1.29 is 10.2 Å². The van der Waals surface area contributed by atoms with Gasteiger partial charge in [0.15, 0.2) is 0 Å². The summed E-state index contributed by atoms with van der Waals surface area (Å²) >= 11 is 1.58. The molecule has 2 rings (SSSR count). The van der Waals surface area contributed by atoms with Gasteiger partial charge in [-0.15, -0.1) is 11.3 Å². The Labute approximate surface area is 80.1 Å². The number of fused-ring (bicyclic) bond motifs is 1. The molecule has 0 saturated carbocycles. The van der Waals surface area contributed by atoms with Gasteiger partial charge >= 0.3 is 0 Å². The third-order valence-corrected chi connectivity index (χ3v) is 2.97. The Balaban J connectivity index is 2.73. The molecule has 1 aromatic heterocycles. The first-order valence-corrected chi connectivity index (χ1v) is 4.95. The van der Waals surface area contributed by atoms with Gasteiger partial charge in [-0.05, 0) is 24.4 Å². The summed E-state index contributed by atoms with van der Waals surface area (Å²) in [7, 11) is 0. The molecule has 0 aliphatic heterocycles. The van der Waals surface area contributed by atoms with E-state index in [0.29, 0.717) is 5.56 Å². The molecule has 2 nitrogen and oxygen atoms in total. The van der Waals surface area contributed by atoms with Crippen LogP contribution in [0.5, 0.6) is 5.75 Å². The summed E-state index contributed by atoms with van der Waals surface area (Å²) in [5.41, 5.74) is 0.589. The van der Waals surface area contributed by atoms with Gasteiger partial charge in [0.2, 0.25) is 0 Å². The lowest BCUT2D eigenvalue weighted by atomic mass is 10.1. The first-order chi connectivity index (χ1) is 6.20. The van der Waals surface area contributed by atoms with E-state index in [9.17, 15) is 10.2 Å². The molecule has 1 aromatic carbocycles. The maximum absolute atomic E-state index is 9.76. The number of rotatable bonds is 1. The van der Waals surface area contributed by atoms with E-state index in [0.717, 1.165) is 10.1 Å². The largest absolute Gasteiger partial charge is 0.507 e. The van der Waals surface area contributed by atoms with Crippen LogP contribution in [0.3, 0.4) is 0 Å². The number of phenolic OH excluding ortho intramolecular Hbond substituents is 1. The molecular formula is C10H10O2S. The Bertz CT molecular complexity index is 431. The van der Waals surface area contributed by atoms with Gasteiger partial charge in [0.05, 0.1) is 6.10 Å². The first-order valence-electron chi connectivity index (χ1n) is 4.07. The van der Waals surface area contributed by atoms with Gasteiger partial charge in [0.1, 0.15) is 5.75 Å². The van der Waals surface area contributed by atoms with Crippen molar-refractivity contribution in [2.75, 3.05) is 0 Å². The maximum atomic E-state index is 9.76. The fraction of sp³-hybridized carbons (Fsp3) is 0.200. The van der Waals surface area contributed by atoms with E-state index in [-0.39, 0.29) is 5.75 Å². The molecule has 0 amide bonds. The quantitative estimate of drug-likeness (QED) is 0.732. The fourth-order valence-corrected chi connectivity index (χ4v) is 2.17. The summed E-state index contributed by atoms with van der Waals surface area (Å²) in [6.07, 6.45) is -0.621. The van der Waals surface area contributed by atoms with Crippen LogP contribution in [-0.2, 0) is 0 Å². The van der Waals surface area contributed by atoms with E-state index < -0.39 is 6.10 Å². The summed E-state index contributed by atoms with van der Waals surface area (Å²) in [5, 5.41) is 21.8. The Morgan fingerprint density at radius 3 is 2.77 bits per heavy atom. The molecular weight excluding hydrogens is 184 g/mol. The van der Waals surface area contributed by atoms with E-state index in [1.807, 2.05) is 17.5 Å². The average molecular weight is 194 g/mol. The van der Waals surface area contributed by atoms with Gasteiger partial charge in [-0.25, -0.2) is 0 Å². The molecule has 13 heavy (non-hydrogen) atoms. The SMILES string of the molecule is CC(O)c1ccc2sccc2c1O. The molecule has 0 aliphatic rings. The second-order valence-corrected chi connectivity index (χ2v) is 3.96. The van der Waals surface area contributed by atoms with Gasteiger partial charge < -0.3 is 10.2 Å². The van der Waals surface area contributed by atoms with Crippen molar-refractivity contribution in [3.05, 3.63) is 29.1 Å². The average Bonchev–Trinajstić information content (AvgIpc) is 2.52. The van der Waals surface area contributed by atoms with Crippen molar-refractivity contribution >= 4 is 21.4 Å². The number of phenols is 1. The molecule has 0 saturated heterocycles. The van der Waals surface area contributed by atoms with Crippen LogP contribution in [0.15, 0.2) is 23.6 Å². The number of hydrogen-bond acceptors (Lipinski definition) is 3. The van der Waals surface area contributed by atoms with Crippen LogP contribution < -0.4 is 0 Å². The van der Waals surface area contributed by atoms with Crippen molar-refractivity contribution in [2.45, 2.75) is 13.0 Å². The van der Waals surface area contributed by atoms with Crippen molar-refractivity contribution in [1.29, 1.82) is 0 Å². The van der Waals surface area contributed by atoms with Gasteiger partial charge in [0.25, 0.3) is 0 Å². The lowest BCUT2D eigenvalue weighted by Gasteiger charge is -2.07. The van der Waals surface area contributed by atoms with E-state index in [4.69, 9.17) is 0 Å². The third-order valence-electron chi connectivity index (χ3n) is 2.09. The minimum atomic E-state index is -0.621. The highest BCUT2D eigenvalue weighted by molar-refractivity contribution is 7.17. The van der Waals surface area contributed by atoms with Gasteiger partial charge in [-0.1, -0.05) is 6.07 Å². The summed E-state index contributed by atoms with van der Waals surface area (Å²) < 4.78 is 1.04. The number of hydrogen-bond donors (Lipinski definition) is 2. The summed E-state index contributed by atoms with van der Waals surface area (Å²) in [5.74, 6) is 0.203. The zero-order valence-corrected chi connectivity index (χ0v) is 8.01. The van der Waals surface area contributed by atoms with Gasteiger partial charge in [-0.2, -0.15) is 0 Å². The Kier molecular flexibility index (Phi) is 1.98. The number of benzene rings is 1. The maximum Gasteiger partial charge on any atom is 0.130 e. The van der Waals surface area contributed by atoms with E-state index in [1.165, 1.54) is 0 Å². The number of aliphatic hydroxyl groups excluding tert-OH is 1. The normalized spacial score (nSPS) is 13.4. The Morgan fingerprint density at radius 2 is 2.08 bits per heavy atom. The molecule has 0 fully saturated rings. The summed E-state index contributed by atoms with van der Waals surface area (Å²) in [6, 6.07) is 5.54. The number of aromatic hydroxyl groups is 1. The topological polar surface area (TPSA) is 40.5 Å². The second kappa shape index (κ2) is 3.01. The minimum Gasteiger partial charge on any atom is -0.507 e. The molecule has 1 unspecified atom stereocenters. The van der Waals surface area contributed by atoms with E-state index in [1.54, 1.807) is 24.3 Å². The molecule has 0 aliphatic carbocycles. The van der Waals surface area contributed by atoms with Gasteiger partial charge in [-0.3, -0.25) is 0 Å². The van der Waals surface area contributed by atoms with Crippen LogP contribution in [0.25, 0.3) is 10.1 Å². The molecule has 2 aromatic rings. The lowest BCUT2D eigenvalue weighted by Crippen LogP contribution is -1.90. The monoisotopic (exact) mass is 194 g/mol. The van der Waals surface area contributed by atoms with E-state index >= 15 is 0 Å². The van der Waals surface area contributed by atoms with Crippen LogP contribution >= 0.6 is 11.3 Å². The predicted octanol–water partition coefficient (Wildman–Crippen LogP) is 2.66. The molecule has 68 valence electrons. The summed E-state index contributed by atoms with van der Waals surface area (Å²) in [6.45, 7) is 1.65. The van der Waals surface area contributed by atoms with Crippen molar-refractivity contribution in [1.82, 2.24) is 0 Å². The fourth-order valence-electron chi connectivity index (χ4n) is 1.38. The third kappa shape index (κ3) is 1.30. The van der Waals surface area contributed by atoms with Crippen LogP contribution in [-0.4, -0.2) is 10.2 Å². The number of aliphatic hydroxyl groups is 1. The zero-order chi connectivity index (χ0) is 9.42. The van der Waals surface area contributed by atoms with E-state index in [2.05, 4.69) is 0 Å². The molecule has 1 heterocycles. The Hall–Kier alpha value is -1.06. The highest BCUT2D eigenvalue weighted by Gasteiger charge is 2.10.